The van der Waals surface area contributed by atoms with Gasteiger partial charge < -0.3 is 10.6 Å². The van der Waals surface area contributed by atoms with E-state index in [1.807, 2.05) is 6.07 Å². The van der Waals surface area contributed by atoms with Crippen molar-refractivity contribution >= 4 is 46.4 Å². The number of nitrogens with one attached hydrogen (secondary N) is 2. The van der Waals surface area contributed by atoms with Gasteiger partial charge in [0.25, 0.3) is 0 Å². The van der Waals surface area contributed by atoms with Gasteiger partial charge in [0.2, 0.25) is 5.91 Å². The van der Waals surface area contributed by atoms with E-state index in [0.29, 0.717) is 22.7 Å². The van der Waals surface area contributed by atoms with Crippen molar-refractivity contribution in [1.29, 1.82) is 0 Å². The maximum atomic E-state index is 12.5. The summed E-state index contributed by atoms with van der Waals surface area (Å²) in [5.74, 6) is 1.06. The van der Waals surface area contributed by atoms with Crippen LogP contribution in [0.25, 0.3) is 0 Å². The average Bonchev–Trinajstić information content (AvgIpc) is 2.94. The summed E-state index contributed by atoms with van der Waals surface area (Å²) in [6.07, 6.45) is 7.53. The van der Waals surface area contributed by atoms with E-state index in [1.54, 1.807) is 18.4 Å². The third kappa shape index (κ3) is 4.72. The molecule has 2 aliphatic rings. The Kier molecular flexibility index (Phi) is 7.10. The molecule has 1 aromatic rings. The molecule has 134 valence electrons. The van der Waals surface area contributed by atoms with Crippen LogP contribution in [0.1, 0.15) is 37.7 Å². The van der Waals surface area contributed by atoms with E-state index in [4.69, 9.17) is 11.6 Å². The number of amides is 1. The van der Waals surface area contributed by atoms with Crippen LogP contribution in [0.5, 0.6) is 0 Å². The first-order chi connectivity index (χ1) is 11.0. The second-order valence-corrected chi connectivity index (χ2v) is 8.46. The highest BCUT2D eigenvalue weighted by molar-refractivity contribution is 7.83. The van der Waals surface area contributed by atoms with Gasteiger partial charge in [0, 0.05) is 39.6 Å². The van der Waals surface area contributed by atoms with E-state index in [1.165, 1.54) is 25.7 Å². The van der Waals surface area contributed by atoms with E-state index < -0.39 is 10.8 Å². The normalized spacial score (nSPS) is 27.0. The monoisotopic (exact) mass is 390 g/mol. The highest BCUT2D eigenvalue weighted by Crippen LogP contribution is 2.33. The Balaban J connectivity index is 0.00000208. The van der Waals surface area contributed by atoms with Crippen LogP contribution in [-0.2, 0) is 21.3 Å². The predicted molar refractivity (Wildman–Crippen MR) is 102 cm³/mol. The largest absolute Gasteiger partial charge is 0.325 e. The summed E-state index contributed by atoms with van der Waals surface area (Å²) in [4.78, 5) is 12.5. The molecule has 4 nitrogen and oxygen atoms in total. The van der Waals surface area contributed by atoms with Crippen molar-refractivity contribution in [2.45, 2.75) is 49.9 Å². The molecule has 2 N–H and O–H groups in total. The molecular formula is C17H24Cl2N2O2S. The zero-order chi connectivity index (χ0) is 16.4. The number of carbonyl (C=O) groups excluding carboxylic acids is 1. The number of fused-ring (bicyclic) bond motifs is 1. The van der Waals surface area contributed by atoms with Gasteiger partial charge in [-0.1, -0.05) is 24.4 Å². The molecule has 0 radical (unpaired) electrons. The highest BCUT2D eigenvalue weighted by atomic mass is 35.5. The highest BCUT2D eigenvalue weighted by Gasteiger charge is 2.38. The first-order valence-corrected chi connectivity index (χ1v) is 10.3. The fourth-order valence-corrected chi connectivity index (χ4v) is 4.67. The van der Waals surface area contributed by atoms with Gasteiger partial charge in [-0.05, 0) is 48.9 Å². The van der Waals surface area contributed by atoms with Crippen molar-refractivity contribution < 1.29 is 9.00 Å². The van der Waals surface area contributed by atoms with Crippen molar-refractivity contribution in [1.82, 2.24) is 5.32 Å². The van der Waals surface area contributed by atoms with Crippen molar-refractivity contribution in [2.24, 2.45) is 5.92 Å². The molecule has 1 aliphatic carbocycles. The van der Waals surface area contributed by atoms with Gasteiger partial charge in [-0.3, -0.25) is 9.00 Å². The molecule has 1 aromatic carbocycles. The lowest BCUT2D eigenvalue weighted by atomic mass is 9.85. The molecule has 1 saturated carbocycles. The Hall–Kier alpha value is -0.620. The summed E-state index contributed by atoms with van der Waals surface area (Å²) in [7, 11) is -0.964. The van der Waals surface area contributed by atoms with E-state index in [-0.39, 0.29) is 24.4 Å². The van der Waals surface area contributed by atoms with Crippen molar-refractivity contribution in [3.63, 3.8) is 0 Å². The minimum absolute atomic E-state index is 0. The summed E-state index contributed by atoms with van der Waals surface area (Å²) >= 11 is 6.13. The molecule has 2 fully saturated rings. The third-order valence-corrected chi connectivity index (χ3v) is 5.94. The SMILES string of the molecule is CS(=O)Cc1cc(NC(=O)C2CC3CCCCC3N2)ccc1Cl.Cl. The van der Waals surface area contributed by atoms with Crippen LogP contribution in [0.4, 0.5) is 5.69 Å². The quantitative estimate of drug-likeness (QED) is 0.826. The Bertz CT molecular complexity index is 613. The van der Waals surface area contributed by atoms with Crippen molar-refractivity contribution in [3.8, 4) is 0 Å². The summed E-state index contributed by atoms with van der Waals surface area (Å²) < 4.78 is 11.4. The van der Waals surface area contributed by atoms with Crippen LogP contribution in [0, 0.1) is 5.92 Å². The Morgan fingerprint density at radius 1 is 1.38 bits per heavy atom. The first kappa shape index (κ1) is 19.7. The fourth-order valence-electron chi connectivity index (χ4n) is 3.73. The third-order valence-electron chi connectivity index (χ3n) is 4.85. The van der Waals surface area contributed by atoms with Crippen molar-refractivity contribution in [2.75, 3.05) is 11.6 Å². The van der Waals surface area contributed by atoms with Gasteiger partial charge in [0.05, 0.1) is 6.04 Å². The standard InChI is InChI=1S/C17H23ClN2O2S.ClH/c1-23(22)10-12-8-13(6-7-14(12)18)19-17(21)16-9-11-4-2-3-5-15(11)20-16;/h6-8,11,15-16,20H,2-5,9-10H2,1H3,(H,19,21);1H. The zero-order valence-electron chi connectivity index (χ0n) is 13.7. The van der Waals surface area contributed by atoms with Crippen LogP contribution >= 0.6 is 24.0 Å². The smallest absolute Gasteiger partial charge is 0.241 e. The van der Waals surface area contributed by atoms with E-state index in [0.717, 1.165) is 17.7 Å². The van der Waals surface area contributed by atoms with Gasteiger partial charge >= 0.3 is 0 Å². The maximum Gasteiger partial charge on any atom is 0.241 e. The van der Waals surface area contributed by atoms with Gasteiger partial charge in [-0.15, -0.1) is 12.4 Å². The molecule has 4 atom stereocenters. The molecule has 3 rings (SSSR count). The summed E-state index contributed by atoms with van der Waals surface area (Å²) in [5, 5.41) is 7.05. The molecule has 1 heterocycles. The van der Waals surface area contributed by atoms with Crippen LogP contribution < -0.4 is 10.6 Å². The van der Waals surface area contributed by atoms with Crippen LogP contribution in [0.3, 0.4) is 0 Å². The molecule has 0 bridgehead atoms. The lowest BCUT2D eigenvalue weighted by Gasteiger charge is -2.24. The summed E-state index contributed by atoms with van der Waals surface area (Å²) in [6.45, 7) is 0. The van der Waals surface area contributed by atoms with E-state index in [9.17, 15) is 9.00 Å². The Morgan fingerprint density at radius 2 is 2.12 bits per heavy atom. The molecular weight excluding hydrogens is 367 g/mol. The Labute approximate surface area is 157 Å². The number of benzene rings is 1. The number of anilines is 1. The van der Waals surface area contributed by atoms with Crippen LogP contribution in [0.15, 0.2) is 18.2 Å². The molecule has 0 spiro atoms. The van der Waals surface area contributed by atoms with Crippen molar-refractivity contribution in [3.05, 3.63) is 28.8 Å². The summed E-state index contributed by atoms with van der Waals surface area (Å²) in [5.41, 5.74) is 1.52. The molecule has 24 heavy (non-hydrogen) atoms. The zero-order valence-corrected chi connectivity index (χ0v) is 16.1. The van der Waals surface area contributed by atoms with Crippen LogP contribution in [-0.4, -0.2) is 28.5 Å². The van der Waals surface area contributed by atoms with E-state index >= 15 is 0 Å². The lowest BCUT2D eigenvalue weighted by Crippen LogP contribution is -2.39. The van der Waals surface area contributed by atoms with Gasteiger partial charge in [-0.25, -0.2) is 0 Å². The molecule has 7 heteroatoms. The first-order valence-electron chi connectivity index (χ1n) is 8.18. The molecule has 1 saturated heterocycles. The van der Waals surface area contributed by atoms with E-state index in [2.05, 4.69) is 10.6 Å². The minimum atomic E-state index is -0.964. The fraction of sp³-hybridized carbons (Fsp3) is 0.588. The number of rotatable bonds is 4. The molecule has 1 amide bonds. The van der Waals surface area contributed by atoms with Gasteiger partial charge in [0.15, 0.2) is 0 Å². The molecule has 1 aliphatic heterocycles. The second kappa shape index (κ2) is 8.65. The topological polar surface area (TPSA) is 58.2 Å². The maximum absolute atomic E-state index is 12.5. The Morgan fingerprint density at radius 3 is 2.83 bits per heavy atom. The van der Waals surface area contributed by atoms with Gasteiger partial charge in [0.1, 0.15) is 0 Å². The number of halogens is 2. The van der Waals surface area contributed by atoms with Crippen LogP contribution in [0.2, 0.25) is 5.02 Å². The predicted octanol–water partition coefficient (Wildman–Crippen LogP) is 3.50. The van der Waals surface area contributed by atoms with Gasteiger partial charge in [-0.2, -0.15) is 0 Å². The number of hydrogen-bond acceptors (Lipinski definition) is 3. The summed E-state index contributed by atoms with van der Waals surface area (Å²) in [6, 6.07) is 5.76. The molecule has 0 aromatic heterocycles. The number of carbonyl (C=O) groups is 1. The second-order valence-electron chi connectivity index (χ2n) is 6.62. The average molecular weight is 391 g/mol. The number of hydrogen-bond donors (Lipinski definition) is 2. The molecule has 4 unspecified atom stereocenters. The lowest BCUT2D eigenvalue weighted by molar-refractivity contribution is -0.117. The minimum Gasteiger partial charge on any atom is -0.325 e.